The summed E-state index contributed by atoms with van der Waals surface area (Å²) in [5.41, 5.74) is 4.53. The Hall–Kier alpha value is -1.76. The topological polar surface area (TPSA) is 20.2 Å². The van der Waals surface area contributed by atoms with Gasteiger partial charge in [0.05, 0.1) is 0 Å². The monoisotopic (exact) mass is 310 g/mol. The third kappa shape index (κ3) is 3.77. The van der Waals surface area contributed by atoms with E-state index in [1.54, 1.807) is 0 Å². The lowest BCUT2D eigenvalue weighted by atomic mass is 9.77. The van der Waals surface area contributed by atoms with E-state index >= 15 is 0 Å². The molecule has 0 amide bonds. The van der Waals surface area contributed by atoms with E-state index in [4.69, 9.17) is 0 Å². The summed E-state index contributed by atoms with van der Waals surface area (Å²) in [5.74, 6) is 0.612. The first-order chi connectivity index (χ1) is 10.5. The maximum absolute atomic E-state index is 10.9. The van der Waals surface area contributed by atoms with Crippen LogP contribution in [-0.4, -0.2) is 5.11 Å². The fraction of sp³-hybridized carbons (Fsp3) is 0.455. The number of aromatic hydroxyl groups is 1. The molecule has 2 rings (SSSR count). The molecule has 0 fully saturated rings. The molecule has 0 aliphatic rings. The van der Waals surface area contributed by atoms with E-state index in [9.17, 15) is 5.11 Å². The lowest BCUT2D eigenvalue weighted by Crippen LogP contribution is -2.18. The molecule has 1 atom stereocenters. The molecular formula is C22H30O. The number of phenolic OH excluding ortho intramolecular Hbond substituents is 1. The molecule has 0 aliphatic heterocycles. The molecule has 1 heteroatoms. The first kappa shape index (κ1) is 17.6. The van der Waals surface area contributed by atoms with Crippen molar-refractivity contribution in [3.63, 3.8) is 0 Å². The van der Waals surface area contributed by atoms with Crippen molar-refractivity contribution in [1.82, 2.24) is 0 Å². The molecule has 23 heavy (non-hydrogen) atoms. The first-order valence-electron chi connectivity index (χ1n) is 8.44. The van der Waals surface area contributed by atoms with Gasteiger partial charge >= 0.3 is 0 Å². The van der Waals surface area contributed by atoms with Crippen LogP contribution in [0.5, 0.6) is 5.75 Å². The van der Waals surface area contributed by atoms with Gasteiger partial charge in [0.2, 0.25) is 0 Å². The van der Waals surface area contributed by atoms with E-state index in [0.717, 1.165) is 11.1 Å². The maximum atomic E-state index is 10.9. The molecule has 0 saturated carbocycles. The Morgan fingerprint density at radius 2 is 1.39 bits per heavy atom. The van der Waals surface area contributed by atoms with E-state index in [1.165, 1.54) is 11.1 Å². The van der Waals surface area contributed by atoms with E-state index in [0.29, 0.717) is 5.75 Å². The van der Waals surface area contributed by atoms with Crippen LogP contribution in [0.4, 0.5) is 0 Å². The normalized spacial score (nSPS) is 13.9. The Kier molecular flexibility index (Phi) is 4.61. The number of hydrogen-bond donors (Lipinski definition) is 1. The van der Waals surface area contributed by atoms with Crippen molar-refractivity contribution in [2.24, 2.45) is 0 Å². The van der Waals surface area contributed by atoms with Gasteiger partial charge in [0.25, 0.3) is 0 Å². The maximum Gasteiger partial charge on any atom is 0.123 e. The molecule has 0 saturated heterocycles. The molecule has 0 aromatic heterocycles. The molecule has 0 aliphatic carbocycles. The average Bonchev–Trinajstić information content (AvgIpc) is 2.45. The highest BCUT2D eigenvalue weighted by atomic mass is 16.3. The summed E-state index contributed by atoms with van der Waals surface area (Å²) in [4.78, 5) is 0. The Labute approximate surface area is 141 Å². The van der Waals surface area contributed by atoms with Crippen molar-refractivity contribution >= 4 is 0 Å². The van der Waals surface area contributed by atoms with Gasteiger partial charge < -0.3 is 5.11 Å². The van der Waals surface area contributed by atoms with Crippen molar-refractivity contribution in [3.05, 3.63) is 64.7 Å². The molecule has 0 heterocycles. The second kappa shape index (κ2) is 6.03. The highest BCUT2D eigenvalue weighted by Gasteiger charge is 2.26. The standard InChI is InChI=1S/C22H30O/c1-15(16-11-9-8-10-12-16)18-13-17(21(2,3)4)14-19(20(18)23)22(5,6)7/h8-15,23H,1-7H3/t15-/m1/s1. The highest BCUT2D eigenvalue weighted by Crippen LogP contribution is 2.41. The third-order valence-electron chi connectivity index (χ3n) is 4.58. The van der Waals surface area contributed by atoms with Crippen molar-refractivity contribution in [2.45, 2.75) is 65.2 Å². The van der Waals surface area contributed by atoms with Crippen LogP contribution in [-0.2, 0) is 10.8 Å². The third-order valence-corrected chi connectivity index (χ3v) is 4.58. The molecular weight excluding hydrogens is 280 g/mol. The molecule has 2 aromatic carbocycles. The molecule has 1 nitrogen and oxygen atoms in total. The van der Waals surface area contributed by atoms with Gasteiger partial charge in [-0.3, -0.25) is 0 Å². The fourth-order valence-electron chi connectivity index (χ4n) is 2.91. The lowest BCUT2D eigenvalue weighted by molar-refractivity contribution is 0.436. The van der Waals surface area contributed by atoms with E-state index in [-0.39, 0.29) is 16.7 Å². The van der Waals surface area contributed by atoms with Gasteiger partial charge in [-0.15, -0.1) is 0 Å². The summed E-state index contributed by atoms with van der Waals surface area (Å²) in [6, 6.07) is 14.8. The van der Waals surface area contributed by atoms with Gasteiger partial charge in [0, 0.05) is 11.5 Å². The van der Waals surface area contributed by atoms with Crippen LogP contribution >= 0.6 is 0 Å². The lowest BCUT2D eigenvalue weighted by Gasteiger charge is -2.29. The molecule has 2 aromatic rings. The van der Waals surface area contributed by atoms with E-state index in [2.05, 4.69) is 84.9 Å². The summed E-state index contributed by atoms with van der Waals surface area (Å²) in [6.07, 6.45) is 0. The minimum Gasteiger partial charge on any atom is -0.507 e. The molecule has 1 N–H and O–H groups in total. The largest absolute Gasteiger partial charge is 0.507 e. The molecule has 0 unspecified atom stereocenters. The zero-order chi connectivity index (χ0) is 17.4. The van der Waals surface area contributed by atoms with Crippen LogP contribution in [0.15, 0.2) is 42.5 Å². The van der Waals surface area contributed by atoms with Crippen LogP contribution in [0, 0.1) is 0 Å². The molecule has 0 bridgehead atoms. The number of benzene rings is 2. The molecule has 0 radical (unpaired) electrons. The quantitative estimate of drug-likeness (QED) is 0.706. The fourth-order valence-corrected chi connectivity index (χ4v) is 2.91. The van der Waals surface area contributed by atoms with Gasteiger partial charge in [-0.1, -0.05) is 90.9 Å². The number of hydrogen-bond acceptors (Lipinski definition) is 1. The second-order valence-corrected chi connectivity index (χ2v) is 8.59. The van der Waals surface area contributed by atoms with Crippen LogP contribution in [0.1, 0.15) is 76.6 Å². The van der Waals surface area contributed by atoms with Crippen LogP contribution in [0.2, 0.25) is 0 Å². The highest BCUT2D eigenvalue weighted by molar-refractivity contribution is 5.52. The smallest absolute Gasteiger partial charge is 0.123 e. The minimum absolute atomic E-state index is 0.0544. The number of rotatable bonds is 2. The summed E-state index contributed by atoms with van der Waals surface area (Å²) in [6.45, 7) is 15.3. The van der Waals surface area contributed by atoms with Gasteiger partial charge in [0.15, 0.2) is 0 Å². The summed E-state index contributed by atoms with van der Waals surface area (Å²) in [7, 11) is 0. The Balaban J connectivity index is 2.67. The SMILES string of the molecule is C[C@H](c1ccccc1)c1cc(C(C)(C)C)cc(C(C)(C)C)c1O. The van der Waals surface area contributed by atoms with Crippen molar-refractivity contribution in [3.8, 4) is 5.75 Å². The summed E-state index contributed by atoms with van der Waals surface area (Å²) < 4.78 is 0. The molecule has 124 valence electrons. The Morgan fingerprint density at radius 1 is 0.826 bits per heavy atom. The van der Waals surface area contributed by atoms with Crippen molar-refractivity contribution < 1.29 is 5.11 Å². The van der Waals surface area contributed by atoms with E-state index < -0.39 is 0 Å². The van der Waals surface area contributed by atoms with E-state index in [1.807, 2.05) is 6.07 Å². The van der Waals surface area contributed by atoms with Crippen LogP contribution < -0.4 is 0 Å². The summed E-state index contributed by atoms with van der Waals surface area (Å²) >= 11 is 0. The van der Waals surface area contributed by atoms with Crippen molar-refractivity contribution in [2.75, 3.05) is 0 Å². The zero-order valence-electron chi connectivity index (χ0n) is 15.6. The first-order valence-corrected chi connectivity index (χ1v) is 8.44. The van der Waals surface area contributed by atoms with Gasteiger partial charge in [-0.2, -0.15) is 0 Å². The second-order valence-electron chi connectivity index (χ2n) is 8.59. The van der Waals surface area contributed by atoms with Gasteiger partial charge in [0.1, 0.15) is 5.75 Å². The Morgan fingerprint density at radius 3 is 1.87 bits per heavy atom. The van der Waals surface area contributed by atoms with Gasteiger partial charge in [-0.25, -0.2) is 0 Å². The molecule has 0 spiro atoms. The Bertz CT molecular complexity index is 670. The predicted molar refractivity (Wildman–Crippen MR) is 99.5 cm³/mol. The van der Waals surface area contributed by atoms with Crippen molar-refractivity contribution in [1.29, 1.82) is 0 Å². The van der Waals surface area contributed by atoms with Gasteiger partial charge in [-0.05, 0) is 27.5 Å². The van der Waals surface area contributed by atoms with Crippen LogP contribution in [0.3, 0.4) is 0 Å². The van der Waals surface area contributed by atoms with Crippen LogP contribution in [0.25, 0.3) is 0 Å². The number of phenols is 1. The summed E-state index contributed by atoms with van der Waals surface area (Å²) in [5, 5.41) is 10.9. The predicted octanol–water partition coefficient (Wildman–Crippen LogP) is 6.14. The minimum atomic E-state index is -0.0868. The zero-order valence-corrected chi connectivity index (χ0v) is 15.6. The average molecular weight is 310 g/mol.